The van der Waals surface area contributed by atoms with Gasteiger partial charge in [-0.05, 0) is 112 Å². The largest absolute Gasteiger partial charge is 0.469 e. The highest BCUT2D eigenvalue weighted by molar-refractivity contribution is 6.10. The molecule has 4 bridgehead atoms. The molecule has 1 aromatic heterocycles. The lowest BCUT2D eigenvalue weighted by Crippen LogP contribution is -2.10. The summed E-state index contributed by atoms with van der Waals surface area (Å²) in [5, 5.41) is 0. The highest BCUT2D eigenvalue weighted by atomic mass is 16.5. The number of fused-ring (bicyclic) bond motifs is 4. The SMILES string of the molecule is COC(=O)CCC1=C(C)c2cc(N)c(C)c(C(C)=O)c3cc4c(C)c(C(C)=O)c(cc5nc(cc1n2)C(CCC(=O)OC)=C5C)n4-3. The Hall–Kier alpha value is -5.12. The monoisotopic (exact) mass is 622 g/mol. The molecule has 2 N–H and O–H groups in total. The second kappa shape index (κ2) is 12.3. The Kier molecular flexibility index (Phi) is 8.66. The molecular weight excluding hydrogens is 584 g/mol. The van der Waals surface area contributed by atoms with Gasteiger partial charge in [-0.25, -0.2) is 9.97 Å². The van der Waals surface area contributed by atoms with Crippen LogP contribution in [-0.4, -0.2) is 52.3 Å². The van der Waals surface area contributed by atoms with E-state index in [1.54, 1.807) is 13.0 Å². The van der Waals surface area contributed by atoms with Crippen molar-refractivity contribution >= 4 is 62.5 Å². The zero-order valence-electron chi connectivity index (χ0n) is 27.5. The standard InChI is InChI=1S/C36H38N4O6/c1-17-23(9-11-33(43)45-7)28-14-29-24(10-12-34(44)46-8)18(2)27(39-29)15-31-36(22(6)42)20(4)30-16-32(40(30)31)35(21(5)41)19(3)25(37)13-26(17)38-28/h13-16H,9-12,37H2,1-8H3. The minimum Gasteiger partial charge on any atom is -0.469 e. The fraction of sp³-hybridized carbons (Fsp3) is 0.333. The predicted molar refractivity (Wildman–Crippen MR) is 178 cm³/mol. The molecule has 0 radical (unpaired) electrons. The highest BCUT2D eigenvalue weighted by Gasteiger charge is 2.28. The van der Waals surface area contributed by atoms with Gasteiger partial charge < -0.3 is 19.8 Å². The molecule has 4 aliphatic rings. The van der Waals surface area contributed by atoms with Crippen molar-refractivity contribution in [2.75, 3.05) is 20.0 Å². The summed E-state index contributed by atoms with van der Waals surface area (Å²) < 4.78 is 11.7. The second-order valence-electron chi connectivity index (χ2n) is 11.8. The first-order valence-corrected chi connectivity index (χ1v) is 15.1. The van der Waals surface area contributed by atoms with E-state index in [4.69, 9.17) is 25.2 Å². The van der Waals surface area contributed by atoms with Crippen molar-refractivity contribution in [1.82, 2.24) is 14.5 Å². The van der Waals surface area contributed by atoms with Crippen LogP contribution in [0.2, 0.25) is 0 Å². The van der Waals surface area contributed by atoms with Crippen molar-refractivity contribution in [2.24, 2.45) is 0 Å². The number of carbonyl (C=O) groups excluding carboxylic acids is 4. The smallest absolute Gasteiger partial charge is 0.305 e. The van der Waals surface area contributed by atoms with E-state index in [-0.39, 0.29) is 36.3 Å². The number of anilines is 1. The molecule has 0 aliphatic carbocycles. The summed E-state index contributed by atoms with van der Waals surface area (Å²) in [5.41, 5.74) is 17.3. The van der Waals surface area contributed by atoms with Crippen molar-refractivity contribution in [3.63, 3.8) is 0 Å². The lowest BCUT2D eigenvalue weighted by molar-refractivity contribution is -0.141. The average molecular weight is 623 g/mol. The number of Topliss-reactive ketones (excluding diaryl/α,β-unsaturated/α-hetero) is 2. The molecular formula is C36H38N4O6. The van der Waals surface area contributed by atoms with Crippen LogP contribution in [0, 0.1) is 13.8 Å². The van der Waals surface area contributed by atoms with Gasteiger partial charge in [0, 0.05) is 29.7 Å². The van der Waals surface area contributed by atoms with Crippen molar-refractivity contribution in [3.05, 3.63) is 69.3 Å². The number of ether oxygens (including phenoxy) is 2. The van der Waals surface area contributed by atoms with Crippen LogP contribution >= 0.6 is 0 Å². The first kappa shape index (κ1) is 32.3. The van der Waals surface area contributed by atoms with Gasteiger partial charge in [0.15, 0.2) is 11.6 Å². The number of nitrogen functional groups attached to an aromatic ring is 1. The van der Waals surface area contributed by atoms with Gasteiger partial charge in [0.25, 0.3) is 0 Å². The Balaban J connectivity index is 1.94. The fourth-order valence-corrected chi connectivity index (χ4v) is 6.42. The molecule has 238 valence electrons. The Labute approximate surface area is 267 Å². The lowest BCUT2D eigenvalue weighted by atomic mass is 9.98. The van der Waals surface area contributed by atoms with E-state index < -0.39 is 0 Å². The molecule has 10 heteroatoms. The van der Waals surface area contributed by atoms with Gasteiger partial charge in [0.05, 0.1) is 53.7 Å². The van der Waals surface area contributed by atoms with E-state index in [1.807, 2.05) is 43.5 Å². The maximum Gasteiger partial charge on any atom is 0.305 e. The molecule has 10 nitrogen and oxygen atoms in total. The summed E-state index contributed by atoms with van der Waals surface area (Å²) >= 11 is 0. The quantitative estimate of drug-likeness (QED) is 0.219. The third-order valence-corrected chi connectivity index (χ3v) is 9.01. The number of ketones is 2. The van der Waals surface area contributed by atoms with Gasteiger partial charge in [0.2, 0.25) is 0 Å². The van der Waals surface area contributed by atoms with Crippen LogP contribution in [0.5, 0.6) is 0 Å². The van der Waals surface area contributed by atoms with Crippen LogP contribution in [0.4, 0.5) is 5.69 Å². The molecule has 0 amide bonds. The molecule has 0 unspecified atom stereocenters. The summed E-state index contributed by atoms with van der Waals surface area (Å²) in [6.45, 7) is 10.6. The first-order chi connectivity index (χ1) is 21.8. The molecule has 4 aliphatic heterocycles. The van der Waals surface area contributed by atoms with Crippen LogP contribution in [-0.2, 0) is 19.1 Å². The van der Waals surface area contributed by atoms with E-state index in [1.165, 1.54) is 28.1 Å². The Morgan fingerprint density at radius 2 is 1.17 bits per heavy atom. The molecule has 0 atom stereocenters. The number of hydrogen-bond acceptors (Lipinski definition) is 9. The molecule has 0 saturated heterocycles. The number of nitrogens with zero attached hydrogens (tertiary/aromatic N) is 3. The molecule has 0 fully saturated rings. The van der Waals surface area contributed by atoms with Crippen LogP contribution in [0.25, 0.3) is 39.0 Å². The summed E-state index contributed by atoms with van der Waals surface area (Å²) in [6, 6.07) is 7.39. The number of esters is 2. The molecule has 5 heterocycles. The Morgan fingerprint density at radius 1 is 0.674 bits per heavy atom. The van der Waals surface area contributed by atoms with Crippen molar-refractivity contribution in [1.29, 1.82) is 0 Å². The van der Waals surface area contributed by atoms with Crippen LogP contribution in [0.1, 0.15) is 108 Å². The third kappa shape index (κ3) is 5.48. The van der Waals surface area contributed by atoms with E-state index >= 15 is 0 Å². The number of hydrogen-bond donors (Lipinski definition) is 1. The molecule has 46 heavy (non-hydrogen) atoms. The number of aromatic nitrogens is 3. The maximum absolute atomic E-state index is 13.2. The minimum absolute atomic E-state index is 0.110. The van der Waals surface area contributed by atoms with Gasteiger partial charge in [-0.15, -0.1) is 0 Å². The predicted octanol–water partition coefficient (Wildman–Crippen LogP) is 6.54. The fourth-order valence-electron chi connectivity index (χ4n) is 6.42. The number of allylic oxidation sites excluding steroid dienone is 4. The van der Waals surface area contributed by atoms with Crippen molar-refractivity contribution in [3.8, 4) is 5.69 Å². The van der Waals surface area contributed by atoms with Gasteiger partial charge in [-0.2, -0.15) is 0 Å². The minimum atomic E-state index is -0.348. The summed E-state index contributed by atoms with van der Waals surface area (Å²) in [4.78, 5) is 60.5. The van der Waals surface area contributed by atoms with Gasteiger partial charge >= 0.3 is 11.9 Å². The Bertz CT molecular complexity index is 2010. The normalized spacial score (nSPS) is 13.0. The zero-order chi connectivity index (χ0) is 33.6. The summed E-state index contributed by atoms with van der Waals surface area (Å²) in [7, 11) is 2.70. The maximum atomic E-state index is 13.2. The summed E-state index contributed by atoms with van der Waals surface area (Å²) in [5.74, 6) is -0.978. The van der Waals surface area contributed by atoms with Gasteiger partial charge in [0.1, 0.15) is 0 Å². The van der Waals surface area contributed by atoms with Crippen LogP contribution in [0.15, 0.2) is 24.3 Å². The number of aryl methyl sites for hydroxylation is 1. The molecule has 0 spiro atoms. The molecule has 5 rings (SSSR count). The molecule has 1 aromatic rings. The molecule has 0 saturated carbocycles. The van der Waals surface area contributed by atoms with E-state index in [0.29, 0.717) is 69.2 Å². The van der Waals surface area contributed by atoms with Crippen molar-refractivity contribution < 1.29 is 28.7 Å². The van der Waals surface area contributed by atoms with Crippen molar-refractivity contribution in [2.45, 2.75) is 67.2 Å². The lowest BCUT2D eigenvalue weighted by Gasteiger charge is -2.19. The van der Waals surface area contributed by atoms with E-state index in [0.717, 1.165) is 33.4 Å². The second-order valence-corrected chi connectivity index (χ2v) is 11.8. The first-order valence-electron chi connectivity index (χ1n) is 15.1. The zero-order valence-corrected chi connectivity index (χ0v) is 27.5. The topological polar surface area (TPSA) is 143 Å². The number of methoxy groups -OCH3 is 2. The van der Waals surface area contributed by atoms with Crippen LogP contribution in [0.3, 0.4) is 0 Å². The van der Waals surface area contributed by atoms with Gasteiger partial charge in [-0.3, -0.25) is 19.2 Å². The highest BCUT2D eigenvalue weighted by Crippen LogP contribution is 2.41. The van der Waals surface area contributed by atoms with Crippen LogP contribution < -0.4 is 5.73 Å². The van der Waals surface area contributed by atoms with E-state index in [2.05, 4.69) is 0 Å². The number of carbonyl (C=O) groups is 4. The Morgan fingerprint density at radius 3 is 1.65 bits per heavy atom. The molecule has 0 aromatic carbocycles. The average Bonchev–Trinajstić information content (AvgIpc) is 3.52. The van der Waals surface area contributed by atoms with Gasteiger partial charge in [-0.1, -0.05) is 0 Å². The number of rotatable bonds is 8. The summed E-state index contributed by atoms with van der Waals surface area (Å²) in [6.07, 6.45) is 1.04. The van der Waals surface area contributed by atoms with E-state index in [9.17, 15) is 19.2 Å². The third-order valence-electron chi connectivity index (χ3n) is 9.01. The number of nitrogens with two attached hydrogens (primary N) is 1.